The number of thioether (sulfide) groups is 1. The molecule has 9 rings (SSSR count). The van der Waals surface area contributed by atoms with Crippen LogP contribution in [0.5, 0.6) is 0 Å². The molecule has 64 heavy (non-hydrogen) atoms. The van der Waals surface area contributed by atoms with Gasteiger partial charge in [0.05, 0.1) is 39.6 Å². The summed E-state index contributed by atoms with van der Waals surface area (Å²) >= 11 is 1.42. The zero-order chi connectivity index (χ0) is 43.3. The molecule has 0 saturated carbocycles. The second-order valence-corrected chi connectivity index (χ2v) is 17.2. The van der Waals surface area contributed by atoms with Crippen LogP contribution in [0.25, 0.3) is 0 Å². The van der Waals surface area contributed by atoms with E-state index in [0.717, 1.165) is 32.7 Å². The van der Waals surface area contributed by atoms with Crippen molar-refractivity contribution in [3.8, 4) is 0 Å². The number of hydrogen-bond donors (Lipinski definition) is 1. The molecule has 11 heteroatoms. The summed E-state index contributed by atoms with van der Waals surface area (Å²) in [5.41, 5.74) is 4.09. The lowest BCUT2D eigenvalue weighted by Crippen LogP contribution is -2.66. The van der Waals surface area contributed by atoms with E-state index >= 15 is 0 Å². The predicted molar refractivity (Wildman–Crippen MR) is 242 cm³/mol. The van der Waals surface area contributed by atoms with Crippen molar-refractivity contribution in [1.29, 1.82) is 0 Å². The Morgan fingerprint density at radius 3 is 1.55 bits per heavy atom. The van der Waals surface area contributed by atoms with Gasteiger partial charge in [0.1, 0.15) is 54.3 Å². The zero-order valence-electron chi connectivity index (χ0n) is 35.4. The fourth-order valence-corrected chi connectivity index (χ4v) is 9.31. The fourth-order valence-electron chi connectivity index (χ4n) is 8.24. The second-order valence-electron chi connectivity index (χ2n) is 16.1. The quantitative estimate of drug-likeness (QED) is 0.0895. The summed E-state index contributed by atoms with van der Waals surface area (Å²) < 4.78 is 61.1. The molecule has 3 saturated heterocycles. The minimum absolute atomic E-state index is 0.153. The molecule has 0 spiro atoms. The average molecular weight is 883 g/mol. The Balaban J connectivity index is 1.08. The summed E-state index contributed by atoms with van der Waals surface area (Å²) in [6.07, 6.45) is -8.18. The predicted octanol–water partition coefficient (Wildman–Crippen LogP) is 9.06. The molecule has 10 nitrogen and oxygen atoms in total. The van der Waals surface area contributed by atoms with Crippen molar-refractivity contribution in [2.75, 3.05) is 13.2 Å². The lowest BCUT2D eigenvalue weighted by molar-refractivity contribution is -0.375. The fraction of sp³-hybridized carbons (Fsp3) is 0.321. The van der Waals surface area contributed by atoms with Gasteiger partial charge in [0.25, 0.3) is 0 Å². The Bertz CT molecular complexity index is 2240. The van der Waals surface area contributed by atoms with Crippen LogP contribution in [0, 0.1) is 0 Å². The van der Waals surface area contributed by atoms with Crippen molar-refractivity contribution in [2.24, 2.45) is 0 Å². The van der Waals surface area contributed by atoms with Crippen LogP contribution in [-0.2, 0) is 69.1 Å². The second kappa shape index (κ2) is 22.4. The van der Waals surface area contributed by atoms with Crippen molar-refractivity contribution in [2.45, 2.75) is 98.2 Å². The van der Waals surface area contributed by atoms with Crippen molar-refractivity contribution in [1.82, 2.24) is 0 Å². The van der Waals surface area contributed by atoms with Crippen LogP contribution in [0.4, 0.5) is 0 Å². The first-order valence-corrected chi connectivity index (χ1v) is 22.8. The molecule has 0 aromatic heterocycles. The van der Waals surface area contributed by atoms with Crippen molar-refractivity contribution in [3.05, 3.63) is 210 Å². The van der Waals surface area contributed by atoms with E-state index in [9.17, 15) is 5.11 Å². The summed E-state index contributed by atoms with van der Waals surface area (Å²) in [4.78, 5) is 0.935. The molecule has 3 heterocycles. The maximum atomic E-state index is 12.5. The van der Waals surface area contributed by atoms with Gasteiger partial charge in [-0.1, -0.05) is 182 Å². The van der Waals surface area contributed by atoms with Crippen LogP contribution in [0.2, 0.25) is 0 Å². The summed E-state index contributed by atoms with van der Waals surface area (Å²) in [5, 5.41) is 12.5. The van der Waals surface area contributed by atoms with Gasteiger partial charge >= 0.3 is 0 Å². The normalized spacial score (nSPS) is 28.0. The van der Waals surface area contributed by atoms with E-state index in [2.05, 4.69) is 0 Å². The summed E-state index contributed by atoms with van der Waals surface area (Å²) in [7, 11) is 0. The molecule has 11 atom stereocenters. The van der Waals surface area contributed by atoms with Gasteiger partial charge in [-0.3, -0.25) is 0 Å². The van der Waals surface area contributed by atoms with Gasteiger partial charge in [-0.05, 0) is 34.4 Å². The zero-order valence-corrected chi connectivity index (χ0v) is 36.3. The van der Waals surface area contributed by atoms with Gasteiger partial charge in [0.15, 0.2) is 12.6 Å². The number of aliphatic hydroxyl groups is 1. The van der Waals surface area contributed by atoms with Crippen LogP contribution < -0.4 is 0 Å². The number of ether oxygens (including phenoxy) is 9. The molecule has 332 valence electrons. The Hall–Kier alpha value is -4.73. The minimum atomic E-state index is -1.16. The standard InChI is InChI=1S/C53H54O10S/c54-45-48(47-44(61-53(45)64-42-29-17-6-18-30-42)36-59-51(62-47)41-27-15-5-16-28-41)63-52-50(58-34-40-25-13-4-14-26-40)49(57-33-39-23-11-3-12-24-39)46(56-32-38-21-9-2-10-22-38)43(60-52)35-55-31-37-19-7-1-8-20-37/h1-30,43-54H,31-36H2/t43?,44?,45?,46-,47-,48?,49?,50?,51?,52+,53-/m0/s1. The van der Waals surface area contributed by atoms with E-state index < -0.39 is 66.8 Å². The summed E-state index contributed by atoms with van der Waals surface area (Å²) in [5.74, 6) is 0. The molecule has 3 fully saturated rings. The number of hydrogen-bond acceptors (Lipinski definition) is 11. The highest BCUT2D eigenvalue weighted by Gasteiger charge is 2.55. The highest BCUT2D eigenvalue weighted by atomic mass is 32.2. The van der Waals surface area contributed by atoms with Crippen LogP contribution in [-0.4, -0.2) is 78.9 Å². The molecule has 3 aliphatic rings. The minimum Gasteiger partial charge on any atom is -0.387 e. The van der Waals surface area contributed by atoms with Crippen LogP contribution in [0.3, 0.4) is 0 Å². The van der Waals surface area contributed by atoms with Gasteiger partial charge < -0.3 is 47.7 Å². The van der Waals surface area contributed by atoms with Gasteiger partial charge in [0, 0.05) is 10.5 Å². The monoisotopic (exact) mass is 882 g/mol. The van der Waals surface area contributed by atoms with E-state index in [0.29, 0.717) is 13.2 Å². The molecule has 3 aliphatic heterocycles. The van der Waals surface area contributed by atoms with Gasteiger partial charge in [-0.2, -0.15) is 0 Å². The third kappa shape index (κ3) is 11.6. The van der Waals surface area contributed by atoms with Gasteiger partial charge in [-0.15, -0.1) is 0 Å². The molecule has 0 bridgehead atoms. The van der Waals surface area contributed by atoms with E-state index in [1.54, 1.807) is 0 Å². The third-order valence-corrected chi connectivity index (χ3v) is 12.7. The number of aliphatic hydroxyl groups excluding tert-OH is 1. The largest absolute Gasteiger partial charge is 0.387 e. The van der Waals surface area contributed by atoms with Gasteiger partial charge in [0.2, 0.25) is 0 Å². The molecule has 0 radical (unpaired) electrons. The molecule has 0 amide bonds. The molecule has 0 aliphatic carbocycles. The first-order valence-electron chi connectivity index (χ1n) is 21.9. The smallest absolute Gasteiger partial charge is 0.187 e. The lowest BCUT2D eigenvalue weighted by atomic mass is 9.96. The number of rotatable bonds is 18. The van der Waals surface area contributed by atoms with Crippen LogP contribution >= 0.6 is 11.8 Å². The molecule has 1 N–H and O–H groups in total. The lowest BCUT2D eigenvalue weighted by Gasteiger charge is -2.51. The first-order chi connectivity index (χ1) is 31.6. The van der Waals surface area contributed by atoms with Crippen molar-refractivity contribution < 1.29 is 47.7 Å². The van der Waals surface area contributed by atoms with E-state index in [-0.39, 0.29) is 26.4 Å². The third-order valence-electron chi connectivity index (χ3n) is 11.5. The van der Waals surface area contributed by atoms with E-state index in [1.165, 1.54) is 11.8 Å². The van der Waals surface area contributed by atoms with Crippen LogP contribution in [0.1, 0.15) is 34.1 Å². The Morgan fingerprint density at radius 1 is 0.500 bits per heavy atom. The Kier molecular flexibility index (Phi) is 15.6. The molecule has 6 aromatic rings. The van der Waals surface area contributed by atoms with E-state index in [4.69, 9.17) is 42.6 Å². The number of fused-ring (bicyclic) bond motifs is 1. The van der Waals surface area contributed by atoms with Crippen molar-refractivity contribution >= 4 is 11.8 Å². The van der Waals surface area contributed by atoms with Crippen molar-refractivity contribution in [3.63, 3.8) is 0 Å². The highest BCUT2D eigenvalue weighted by Crippen LogP contribution is 2.42. The number of benzene rings is 6. The highest BCUT2D eigenvalue weighted by molar-refractivity contribution is 7.99. The summed E-state index contributed by atoms with van der Waals surface area (Å²) in [6, 6.07) is 59.6. The van der Waals surface area contributed by atoms with Crippen LogP contribution in [0.15, 0.2) is 187 Å². The average Bonchev–Trinajstić information content (AvgIpc) is 3.35. The first kappa shape index (κ1) is 44.5. The SMILES string of the molecule is OC1C(O[C@H]2OC(COCc3ccccc3)[C@H](OCc3ccccc3)C(OCc3ccccc3)C2OCc2ccccc2)[C@H]2OC(c3ccccc3)OCC2O[C@H]1Sc1ccccc1. The Morgan fingerprint density at radius 2 is 0.984 bits per heavy atom. The Labute approximate surface area is 379 Å². The summed E-state index contributed by atoms with van der Waals surface area (Å²) in [6.45, 7) is 1.52. The van der Waals surface area contributed by atoms with E-state index in [1.807, 2.05) is 182 Å². The van der Waals surface area contributed by atoms with Gasteiger partial charge in [-0.25, -0.2) is 0 Å². The maximum Gasteiger partial charge on any atom is 0.187 e. The molecule has 6 aromatic carbocycles. The topological polar surface area (TPSA) is 103 Å². The molecule has 7 unspecified atom stereocenters. The molecular formula is C53H54O10S. The molecular weight excluding hydrogens is 829 g/mol. The maximum absolute atomic E-state index is 12.5.